The summed E-state index contributed by atoms with van der Waals surface area (Å²) in [5.41, 5.74) is -1.14. The van der Waals surface area contributed by atoms with Crippen LogP contribution in [0.4, 0.5) is 4.79 Å². The molecule has 1 N–H and O–H groups in total. The third-order valence-electron chi connectivity index (χ3n) is 1.93. The van der Waals surface area contributed by atoms with Gasteiger partial charge in [-0.15, -0.1) is 0 Å². The molecule has 1 heterocycles. The first-order chi connectivity index (χ1) is 5.37. The summed E-state index contributed by atoms with van der Waals surface area (Å²) in [5.74, 6) is -1.02. The molecule has 0 bridgehead atoms. The van der Waals surface area contributed by atoms with Crippen LogP contribution in [0.15, 0.2) is 0 Å². The van der Waals surface area contributed by atoms with Gasteiger partial charge in [-0.05, 0) is 13.8 Å². The van der Waals surface area contributed by atoms with E-state index in [1.807, 2.05) is 0 Å². The van der Waals surface area contributed by atoms with Crippen LogP contribution in [0.3, 0.4) is 0 Å². The third kappa shape index (κ3) is 1.92. The number of carbonyl (C=O) groups is 3. The van der Waals surface area contributed by atoms with Crippen LogP contribution in [0, 0.1) is 5.41 Å². The van der Waals surface area contributed by atoms with E-state index in [1.165, 1.54) is 20.9 Å². The van der Waals surface area contributed by atoms with Crippen molar-refractivity contribution < 1.29 is 14.4 Å². The molecule has 67 valence electrons. The molecule has 0 aromatic heterocycles. The summed E-state index contributed by atoms with van der Waals surface area (Å²) < 4.78 is 0. The van der Waals surface area contributed by atoms with Gasteiger partial charge >= 0.3 is 6.03 Å². The van der Waals surface area contributed by atoms with Gasteiger partial charge in [-0.2, -0.15) is 0 Å². The summed E-state index contributed by atoms with van der Waals surface area (Å²) in [5, 5.41) is 2.08. The van der Waals surface area contributed by atoms with E-state index in [0.717, 1.165) is 4.90 Å². The van der Waals surface area contributed by atoms with Gasteiger partial charge in [0.25, 0.3) is 0 Å². The zero-order valence-corrected chi connectivity index (χ0v) is 10.2. The van der Waals surface area contributed by atoms with Crippen molar-refractivity contribution in [1.82, 2.24) is 10.2 Å². The topological polar surface area (TPSA) is 66.5 Å². The normalized spacial score (nSPS) is 20.8. The number of nitrogens with zero attached hydrogens (tertiary/aromatic N) is 1. The number of nitrogens with one attached hydrogen (secondary N) is 1. The van der Waals surface area contributed by atoms with Crippen molar-refractivity contribution in [2.45, 2.75) is 13.8 Å². The summed E-state index contributed by atoms with van der Waals surface area (Å²) in [6.07, 6.45) is 0. The van der Waals surface area contributed by atoms with Crippen LogP contribution in [0.5, 0.6) is 0 Å². The van der Waals surface area contributed by atoms with Crippen LogP contribution in [0.25, 0.3) is 0 Å². The van der Waals surface area contributed by atoms with Crippen LogP contribution in [0.1, 0.15) is 13.8 Å². The first kappa shape index (κ1) is 12.6. The number of hydrogen-bond donors (Lipinski definition) is 1. The predicted octanol–water partition coefficient (Wildman–Crippen LogP) is -0.660. The first-order valence-electron chi connectivity index (χ1n) is 3.51. The van der Waals surface area contributed by atoms with E-state index in [2.05, 4.69) is 5.32 Å². The maximum Gasteiger partial charge on any atom is 0.330 e. The number of urea groups is 1. The van der Waals surface area contributed by atoms with Gasteiger partial charge in [-0.3, -0.25) is 19.8 Å². The van der Waals surface area contributed by atoms with Crippen LogP contribution < -0.4 is 5.32 Å². The Balaban J connectivity index is 0.00000144. The molecule has 6 heteroatoms. The summed E-state index contributed by atoms with van der Waals surface area (Å²) >= 11 is 0. The van der Waals surface area contributed by atoms with Crippen molar-refractivity contribution in [3.05, 3.63) is 0 Å². The molecule has 1 rings (SSSR count). The van der Waals surface area contributed by atoms with E-state index in [-0.39, 0.29) is 29.6 Å². The minimum Gasteiger partial charge on any atom is -0.277 e. The largest absolute Gasteiger partial charge is 0.330 e. The van der Waals surface area contributed by atoms with Gasteiger partial charge in [-0.1, -0.05) is 0 Å². The van der Waals surface area contributed by atoms with Gasteiger partial charge in [0.15, 0.2) is 0 Å². The van der Waals surface area contributed by atoms with Crippen LogP contribution in [-0.4, -0.2) is 59.4 Å². The Morgan fingerprint density at radius 3 is 2.15 bits per heavy atom. The van der Waals surface area contributed by atoms with E-state index >= 15 is 0 Å². The van der Waals surface area contributed by atoms with Crippen LogP contribution in [0.2, 0.25) is 0 Å². The number of imide groups is 2. The van der Waals surface area contributed by atoms with E-state index < -0.39 is 23.3 Å². The average molecular weight is 193 g/mol. The zero-order chi connectivity index (χ0) is 9.52. The molecule has 5 nitrogen and oxygen atoms in total. The van der Waals surface area contributed by atoms with Crippen molar-refractivity contribution in [3.63, 3.8) is 0 Å². The monoisotopic (exact) mass is 193 g/mol. The number of rotatable bonds is 0. The Kier molecular flexibility index (Phi) is 3.66. The van der Waals surface area contributed by atoms with Gasteiger partial charge in [0.1, 0.15) is 5.41 Å². The standard InChI is InChI=1S/C7H10N2O3.Na/c1-7(2)4(10)8-6(12)9(3)5(7)11;/h1-3H3,(H,8,10,12);. The van der Waals surface area contributed by atoms with Crippen molar-refractivity contribution in [3.8, 4) is 0 Å². The first-order valence-corrected chi connectivity index (χ1v) is 3.51. The summed E-state index contributed by atoms with van der Waals surface area (Å²) in [6, 6.07) is -0.663. The Morgan fingerprint density at radius 2 is 1.69 bits per heavy atom. The molecular weight excluding hydrogens is 183 g/mol. The molecule has 13 heavy (non-hydrogen) atoms. The quantitative estimate of drug-likeness (QED) is 0.410. The van der Waals surface area contributed by atoms with E-state index in [4.69, 9.17) is 0 Å². The van der Waals surface area contributed by atoms with Gasteiger partial charge in [-0.25, -0.2) is 4.79 Å². The van der Waals surface area contributed by atoms with Gasteiger partial charge in [0.2, 0.25) is 11.8 Å². The average Bonchev–Trinajstić information content (AvgIpc) is 1.99. The molecule has 0 spiro atoms. The molecule has 0 aromatic rings. The molecule has 1 aliphatic heterocycles. The Bertz CT molecular complexity index is 275. The summed E-state index contributed by atoms with van der Waals surface area (Å²) in [4.78, 5) is 34.2. The summed E-state index contributed by atoms with van der Waals surface area (Å²) in [7, 11) is 1.34. The van der Waals surface area contributed by atoms with E-state index in [9.17, 15) is 14.4 Å². The Labute approximate surface area is 98.1 Å². The van der Waals surface area contributed by atoms with Crippen LogP contribution >= 0.6 is 0 Å². The van der Waals surface area contributed by atoms with Crippen molar-refractivity contribution in [2.24, 2.45) is 5.41 Å². The summed E-state index contributed by atoms with van der Waals surface area (Å²) in [6.45, 7) is 2.96. The van der Waals surface area contributed by atoms with Crippen molar-refractivity contribution >= 4 is 47.4 Å². The van der Waals surface area contributed by atoms with E-state index in [1.54, 1.807) is 0 Å². The minimum atomic E-state index is -1.14. The molecule has 0 saturated carbocycles. The smallest absolute Gasteiger partial charge is 0.277 e. The number of barbiturate groups is 1. The van der Waals surface area contributed by atoms with Gasteiger partial charge < -0.3 is 0 Å². The second-order valence-electron chi connectivity index (χ2n) is 3.25. The maximum atomic E-state index is 11.3. The molecule has 1 aliphatic rings. The molecule has 0 atom stereocenters. The fourth-order valence-electron chi connectivity index (χ4n) is 0.946. The molecule has 4 amide bonds. The molecule has 0 unspecified atom stereocenters. The Hall–Kier alpha value is -0.390. The molecule has 1 fully saturated rings. The number of amides is 4. The zero-order valence-electron chi connectivity index (χ0n) is 8.17. The second kappa shape index (κ2) is 3.77. The molecule has 1 saturated heterocycles. The van der Waals surface area contributed by atoms with E-state index in [0.29, 0.717) is 0 Å². The number of hydrogen-bond acceptors (Lipinski definition) is 3. The van der Waals surface area contributed by atoms with Crippen LogP contribution in [-0.2, 0) is 9.59 Å². The predicted molar refractivity (Wildman–Crippen MR) is 45.8 cm³/mol. The second-order valence-corrected chi connectivity index (χ2v) is 3.25. The van der Waals surface area contributed by atoms with Gasteiger partial charge in [0, 0.05) is 36.6 Å². The maximum absolute atomic E-state index is 11.3. The minimum absolute atomic E-state index is 0. The third-order valence-corrected chi connectivity index (χ3v) is 1.93. The molecule has 0 aliphatic carbocycles. The molecule has 1 radical (unpaired) electrons. The fourth-order valence-corrected chi connectivity index (χ4v) is 0.946. The Morgan fingerprint density at radius 1 is 1.23 bits per heavy atom. The number of carbonyl (C=O) groups excluding carboxylic acids is 3. The SMILES string of the molecule is CN1C(=O)NC(=O)C(C)(C)C1=O.[Na]. The fraction of sp³-hybridized carbons (Fsp3) is 0.571. The van der Waals surface area contributed by atoms with Crippen molar-refractivity contribution in [2.75, 3.05) is 7.05 Å². The van der Waals surface area contributed by atoms with Gasteiger partial charge in [0.05, 0.1) is 0 Å². The van der Waals surface area contributed by atoms with Crippen molar-refractivity contribution in [1.29, 1.82) is 0 Å². The molecular formula is C7H10N2NaO3. The molecule has 0 aromatic carbocycles.